The zero-order valence-electron chi connectivity index (χ0n) is 17.2. The van der Waals surface area contributed by atoms with Crippen LogP contribution in [-0.2, 0) is 0 Å². The molecular formula is C21H28N4O3S. The molecular weight excluding hydrogens is 388 g/mol. The lowest BCUT2D eigenvalue weighted by atomic mass is 10.0. The van der Waals surface area contributed by atoms with Crippen molar-refractivity contribution in [2.45, 2.75) is 25.6 Å². The van der Waals surface area contributed by atoms with Crippen molar-refractivity contribution in [3.63, 3.8) is 0 Å². The first kappa shape index (κ1) is 21.3. The lowest BCUT2D eigenvalue weighted by molar-refractivity contribution is 0.340. The second-order valence-electron chi connectivity index (χ2n) is 6.42. The number of hydrogen-bond acceptors (Lipinski definition) is 7. The highest BCUT2D eigenvalue weighted by molar-refractivity contribution is 8.13. The number of benzene rings is 2. The molecule has 2 aromatic rings. The van der Waals surface area contributed by atoms with Crippen molar-refractivity contribution in [2.75, 3.05) is 32.4 Å². The minimum atomic E-state index is -0.0514. The molecule has 0 bridgehead atoms. The number of hydrazine groups is 1. The maximum atomic E-state index is 5.53. The highest BCUT2D eigenvalue weighted by Crippen LogP contribution is 2.33. The Bertz CT molecular complexity index is 829. The molecule has 2 aromatic carbocycles. The molecule has 0 spiro atoms. The zero-order valence-corrected chi connectivity index (χ0v) is 18.0. The second-order valence-corrected chi connectivity index (χ2v) is 7.22. The van der Waals surface area contributed by atoms with Gasteiger partial charge in [0.15, 0.2) is 5.17 Å². The van der Waals surface area contributed by atoms with Crippen LogP contribution >= 0.6 is 11.8 Å². The van der Waals surface area contributed by atoms with E-state index in [0.29, 0.717) is 6.61 Å². The second kappa shape index (κ2) is 10.4. The molecule has 3 rings (SSSR count). The minimum Gasteiger partial charge on any atom is -0.497 e. The molecule has 29 heavy (non-hydrogen) atoms. The monoisotopic (exact) mass is 416 g/mol. The van der Waals surface area contributed by atoms with Gasteiger partial charge in [0, 0.05) is 23.7 Å². The van der Waals surface area contributed by atoms with Crippen LogP contribution in [0.1, 0.15) is 24.9 Å². The van der Waals surface area contributed by atoms with Crippen LogP contribution in [0.4, 0.5) is 5.69 Å². The van der Waals surface area contributed by atoms with E-state index in [-0.39, 0.29) is 12.2 Å². The molecule has 2 atom stereocenters. The third kappa shape index (κ3) is 5.56. The van der Waals surface area contributed by atoms with Crippen LogP contribution in [-0.4, -0.2) is 38.4 Å². The summed E-state index contributed by atoms with van der Waals surface area (Å²) in [5.41, 5.74) is 8.63. The Morgan fingerprint density at radius 3 is 2.52 bits per heavy atom. The van der Waals surface area contributed by atoms with E-state index in [9.17, 15) is 0 Å². The summed E-state index contributed by atoms with van der Waals surface area (Å²) >= 11 is 1.57. The zero-order chi connectivity index (χ0) is 20.6. The maximum Gasteiger partial charge on any atom is 0.162 e. The smallest absolute Gasteiger partial charge is 0.162 e. The number of aliphatic imine (C=N–C) groups is 1. The van der Waals surface area contributed by atoms with Gasteiger partial charge in [0.05, 0.1) is 26.9 Å². The lowest BCUT2D eigenvalue weighted by Crippen LogP contribution is -2.30. The van der Waals surface area contributed by atoms with Gasteiger partial charge in [-0.3, -0.25) is 0 Å². The van der Waals surface area contributed by atoms with Crippen LogP contribution in [0, 0.1) is 0 Å². The first-order valence-electron chi connectivity index (χ1n) is 9.51. The number of hydrogen-bond donors (Lipinski definition) is 3. The van der Waals surface area contributed by atoms with Gasteiger partial charge in [0.1, 0.15) is 23.4 Å². The molecule has 0 saturated carbocycles. The molecule has 1 aliphatic heterocycles. The molecule has 1 heterocycles. The Balaban J connectivity index is 1.66. The Labute approximate surface area is 176 Å². The van der Waals surface area contributed by atoms with Crippen molar-refractivity contribution in [3.8, 4) is 17.2 Å². The van der Waals surface area contributed by atoms with Gasteiger partial charge < -0.3 is 19.5 Å². The first-order valence-corrected chi connectivity index (χ1v) is 10.7. The number of methoxy groups -OCH3 is 2. The van der Waals surface area contributed by atoms with Gasteiger partial charge in [-0.15, -0.1) is 0 Å². The minimum absolute atomic E-state index is 0.0514. The molecule has 156 valence electrons. The normalized spacial score (nSPS) is 19.1. The summed E-state index contributed by atoms with van der Waals surface area (Å²) in [6.07, 6.45) is 2.76. The largest absolute Gasteiger partial charge is 0.497 e. The van der Waals surface area contributed by atoms with E-state index in [0.717, 1.165) is 40.1 Å². The van der Waals surface area contributed by atoms with E-state index in [1.807, 2.05) is 55.6 Å². The summed E-state index contributed by atoms with van der Waals surface area (Å²) in [7, 11) is 3.32. The Morgan fingerprint density at radius 1 is 1.10 bits per heavy atom. The van der Waals surface area contributed by atoms with Crippen molar-refractivity contribution < 1.29 is 14.2 Å². The standard InChI is InChI=1S/C21H28N4O3S/c1-5-28-15-8-6-14(7-9-15)22-21(29-4)23-20-13-18(24-25-20)17-11-10-16(26-2)12-19(17)27-3/h6-12,18,20,24-25H,5,13H2,1-4H3,(H,22,23). The van der Waals surface area contributed by atoms with Crippen LogP contribution in [0.2, 0.25) is 0 Å². The van der Waals surface area contributed by atoms with Crippen LogP contribution < -0.4 is 30.4 Å². The SMILES string of the molecule is CCOc1ccc(N/C(=N/C2CC(c3ccc(OC)cc3OC)NN2)SC)cc1. The van der Waals surface area contributed by atoms with Gasteiger partial charge in [-0.25, -0.2) is 15.8 Å². The number of anilines is 1. The summed E-state index contributed by atoms with van der Waals surface area (Å²) < 4.78 is 16.3. The fraction of sp³-hybridized carbons (Fsp3) is 0.381. The number of thioether (sulfide) groups is 1. The highest BCUT2D eigenvalue weighted by atomic mass is 32.2. The Kier molecular flexibility index (Phi) is 7.62. The molecule has 7 nitrogen and oxygen atoms in total. The van der Waals surface area contributed by atoms with E-state index in [4.69, 9.17) is 19.2 Å². The van der Waals surface area contributed by atoms with E-state index < -0.39 is 0 Å². The van der Waals surface area contributed by atoms with E-state index in [2.05, 4.69) is 16.2 Å². The van der Waals surface area contributed by atoms with Crippen molar-refractivity contribution in [2.24, 2.45) is 4.99 Å². The quantitative estimate of drug-likeness (QED) is 0.468. The number of nitrogens with one attached hydrogen (secondary N) is 3. The van der Waals surface area contributed by atoms with Crippen molar-refractivity contribution >= 4 is 22.6 Å². The Hall–Kier alpha value is -2.42. The third-order valence-electron chi connectivity index (χ3n) is 4.58. The molecule has 1 aliphatic rings. The van der Waals surface area contributed by atoms with Crippen LogP contribution in [0.5, 0.6) is 17.2 Å². The molecule has 0 radical (unpaired) electrons. The molecule has 8 heteroatoms. The molecule has 0 amide bonds. The van der Waals surface area contributed by atoms with Crippen LogP contribution in [0.3, 0.4) is 0 Å². The van der Waals surface area contributed by atoms with Gasteiger partial charge in [-0.1, -0.05) is 17.8 Å². The topological polar surface area (TPSA) is 76.1 Å². The number of rotatable bonds is 7. The van der Waals surface area contributed by atoms with Gasteiger partial charge in [0.25, 0.3) is 0 Å². The fourth-order valence-electron chi connectivity index (χ4n) is 3.14. The number of amidine groups is 1. The average Bonchev–Trinajstić information content (AvgIpc) is 3.22. The summed E-state index contributed by atoms with van der Waals surface area (Å²) in [6, 6.07) is 13.8. The van der Waals surface area contributed by atoms with Gasteiger partial charge >= 0.3 is 0 Å². The molecule has 2 unspecified atom stereocenters. The molecule has 1 saturated heterocycles. The van der Waals surface area contributed by atoms with Crippen molar-refractivity contribution in [1.29, 1.82) is 0 Å². The molecule has 3 N–H and O–H groups in total. The van der Waals surface area contributed by atoms with E-state index in [1.165, 1.54) is 0 Å². The highest BCUT2D eigenvalue weighted by Gasteiger charge is 2.27. The summed E-state index contributed by atoms with van der Waals surface area (Å²) in [6.45, 7) is 2.63. The summed E-state index contributed by atoms with van der Waals surface area (Å²) in [5.74, 6) is 2.43. The Morgan fingerprint density at radius 2 is 1.86 bits per heavy atom. The summed E-state index contributed by atoms with van der Waals surface area (Å²) in [4.78, 5) is 4.81. The maximum absolute atomic E-state index is 5.53. The molecule has 0 aromatic heterocycles. The van der Waals surface area contributed by atoms with Crippen molar-refractivity contribution in [3.05, 3.63) is 48.0 Å². The predicted molar refractivity (Wildman–Crippen MR) is 119 cm³/mol. The van der Waals surface area contributed by atoms with Gasteiger partial charge in [0.2, 0.25) is 0 Å². The molecule has 1 fully saturated rings. The number of ether oxygens (including phenoxy) is 3. The molecule has 0 aliphatic carbocycles. The van der Waals surface area contributed by atoms with Crippen LogP contribution in [0.25, 0.3) is 0 Å². The fourth-order valence-corrected chi connectivity index (χ4v) is 3.59. The van der Waals surface area contributed by atoms with Crippen molar-refractivity contribution in [1.82, 2.24) is 10.9 Å². The van der Waals surface area contributed by atoms with Crippen LogP contribution in [0.15, 0.2) is 47.5 Å². The third-order valence-corrected chi connectivity index (χ3v) is 5.18. The predicted octanol–water partition coefficient (Wildman–Crippen LogP) is 3.80. The lowest BCUT2D eigenvalue weighted by Gasteiger charge is -2.15. The first-order chi connectivity index (χ1) is 14.2. The summed E-state index contributed by atoms with van der Waals surface area (Å²) in [5, 5.41) is 4.21. The van der Waals surface area contributed by atoms with Gasteiger partial charge in [-0.05, 0) is 43.5 Å². The van der Waals surface area contributed by atoms with Gasteiger partial charge in [-0.2, -0.15) is 0 Å². The van der Waals surface area contributed by atoms with E-state index >= 15 is 0 Å². The van der Waals surface area contributed by atoms with E-state index in [1.54, 1.807) is 26.0 Å². The average molecular weight is 417 g/mol. The number of nitrogens with zero attached hydrogens (tertiary/aromatic N) is 1.